The van der Waals surface area contributed by atoms with Crippen molar-refractivity contribution in [1.29, 1.82) is 0 Å². The van der Waals surface area contributed by atoms with Crippen LogP contribution >= 0.6 is 0 Å². The van der Waals surface area contributed by atoms with Gasteiger partial charge in [0.1, 0.15) is 5.82 Å². The van der Waals surface area contributed by atoms with Crippen LogP contribution in [0, 0.1) is 5.82 Å². The van der Waals surface area contributed by atoms with Gasteiger partial charge in [0, 0.05) is 38.3 Å². The first-order valence-corrected chi connectivity index (χ1v) is 8.05. The van der Waals surface area contributed by atoms with Crippen LogP contribution < -0.4 is 5.32 Å². The summed E-state index contributed by atoms with van der Waals surface area (Å²) in [6.45, 7) is 5.11. The first-order chi connectivity index (χ1) is 11.5. The van der Waals surface area contributed by atoms with Crippen molar-refractivity contribution in [3.63, 3.8) is 0 Å². The Morgan fingerprint density at radius 3 is 2.54 bits per heavy atom. The van der Waals surface area contributed by atoms with Crippen LogP contribution in [0.1, 0.15) is 12.5 Å². The molecule has 24 heavy (non-hydrogen) atoms. The number of halogens is 1. The molecule has 1 N–H and O–H groups in total. The maximum absolute atomic E-state index is 13.6. The van der Waals surface area contributed by atoms with Gasteiger partial charge in [-0.05, 0) is 13.0 Å². The molecule has 1 aromatic rings. The first-order valence-electron chi connectivity index (χ1n) is 8.05. The third kappa shape index (κ3) is 5.01. The van der Waals surface area contributed by atoms with Crippen LogP contribution in [0.2, 0.25) is 0 Å². The lowest BCUT2D eigenvalue weighted by molar-refractivity contribution is -0.142. The lowest BCUT2D eigenvalue weighted by atomic mass is 10.2. The Hall–Kier alpha value is -1.99. The van der Waals surface area contributed by atoms with E-state index in [1.165, 1.54) is 13.2 Å². The number of esters is 1. The molecule has 1 saturated heterocycles. The quantitative estimate of drug-likeness (QED) is 0.771. The standard InChI is InChI=1S/C17H24FN3O3/c1-13(17(23)19-11-14-5-3-4-6-15(14)18)21-9-7-20(8-10-21)12-16(22)24-2/h3-6,13H,7-12H2,1-2H3,(H,19,23). The number of benzene rings is 1. The molecular weight excluding hydrogens is 313 g/mol. The molecule has 0 saturated carbocycles. The van der Waals surface area contributed by atoms with Crippen LogP contribution in [0.15, 0.2) is 24.3 Å². The number of piperazine rings is 1. The number of hydrogen-bond donors (Lipinski definition) is 1. The fourth-order valence-electron chi connectivity index (χ4n) is 2.69. The van der Waals surface area contributed by atoms with E-state index in [9.17, 15) is 14.0 Å². The highest BCUT2D eigenvalue weighted by Gasteiger charge is 2.26. The maximum Gasteiger partial charge on any atom is 0.319 e. The van der Waals surface area contributed by atoms with Crippen molar-refractivity contribution in [1.82, 2.24) is 15.1 Å². The molecule has 6 nitrogen and oxygen atoms in total. The first kappa shape index (κ1) is 18.4. The second-order valence-electron chi connectivity index (χ2n) is 5.87. The van der Waals surface area contributed by atoms with Crippen LogP contribution in [-0.2, 0) is 20.9 Å². The number of amides is 1. The van der Waals surface area contributed by atoms with Gasteiger partial charge in [0.25, 0.3) is 0 Å². The van der Waals surface area contributed by atoms with Crippen molar-refractivity contribution in [2.24, 2.45) is 0 Å². The molecule has 0 aliphatic carbocycles. The van der Waals surface area contributed by atoms with Crippen LogP contribution in [0.4, 0.5) is 4.39 Å². The van der Waals surface area contributed by atoms with Gasteiger partial charge in [0.2, 0.25) is 5.91 Å². The Bertz CT molecular complexity index is 574. The zero-order valence-electron chi connectivity index (χ0n) is 14.1. The molecule has 132 valence electrons. The molecule has 0 aromatic heterocycles. The van der Waals surface area contributed by atoms with E-state index in [0.29, 0.717) is 31.7 Å². The van der Waals surface area contributed by atoms with Crippen LogP contribution in [-0.4, -0.2) is 67.6 Å². The normalized spacial score (nSPS) is 17.3. The summed E-state index contributed by atoms with van der Waals surface area (Å²) in [7, 11) is 1.38. The molecule has 1 unspecified atom stereocenters. The topological polar surface area (TPSA) is 61.9 Å². The average molecular weight is 337 g/mol. The molecule has 1 aliphatic heterocycles. The van der Waals surface area contributed by atoms with Crippen LogP contribution in [0.25, 0.3) is 0 Å². The minimum Gasteiger partial charge on any atom is -0.468 e. The number of nitrogens with zero attached hydrogens (tertiary/aromatic N) is 2. The van der Waals surface area contributed by atoms with Gasteiger partial charge in [-0.1, -0.05) is 18.2 Å². The predicted octanol–water partition coefficient (Wildman–Crippen LogP) is 0.621. The highest BCUT2D eigenvalue weighted by atomic mass is 19.1. The molecule has 0 spiro atoms. The molecular formula is C17H24FN3O3. The minimum absolute atomic E-state index is 0.125. The molecule has 1 aromatic carbocycles. The fraction of sp³-hybridized carbons (Fsp3) is 0.529. The van der Waals surface area contributed by atoms with Crippen molar-refractivity contribution in [3.05, 3.63) is 35.6 Å². The van der Waals surface area contributed by atoms with E-state index in [-0.39, 0.29) is 36.8 Å². The highest BCUT2D eigenvalue weighted by Crippen LogP contribution is 2.09. The number of rotatable bonds is 6. The van der Waals surface area contributed by atoms with E-state index < -0.39 is 0 Å². The SMILES string of the molecule is COC(=O)CN1CCN(C(C)C(=O)NCc2ccccc2F)CC1. The van der Waals surface area contributed by atoms with Crippen molar-refractivity contribution < 1.29 is 18.7 Å². The number of carbonyl (C=O) groups is 2. The lowest BCUT2D eigenvalue weighted by Crippen LogP contribution is -2.54. The van der Waals surface area contributed by atoms with E-state index in [4.69, 9.17) is 0 Å². The number of hydrogen-bond acceptors (Lipinski definition) is 5. The van der Waals surface area contributed by atoms with Gasteiger partial charge < -0.3 is 10.1 Å². The molecule has 7 heteroatoms. The monoisotopic (exact) mass is 337 g/mol. The van der Waals surface area contributed by atoms with E-state index in [1.807, 2.05) is 11.8 Å². The van der Waals surface area contributed by atoms with Crippen molar-refractivity contribution in [2.75, 3.05) is 39.8 Å². The van der Waals surface area contributed by atoms with E-state index >= 15 is 0 Å². The van der Waals surface area contributed by atoms with Gasteiger partial charge in [0.15, 0.2) is 0 Å². The fourth-order valence-corrected chi connectivity index (χ4v) is 2.69. The molecule has 2 rings (SSSR count). The number of carbonyl (C=O) groups excluding carboxylic acids is 2. The largest absolute Gasteiger partial charge is 0.468 e. The number of ether oxygens (including phenoxy) is 1. The van der Waals surface area contributed by atoms with Gasteiger partial charge in [-0.25, -0.2) is 4.39 Å². The third-order valence-corrected chi connectivity index (χ3v) is 4.33. The predicted molar refractivity (Wildman–Crippen MR) is 87.7 cm³/mol. The van der Waals surface area contributed by atoms with Crippen LogP contribution in [0.3, 0.4) is 0 Å². The van der Waals surface area contributed by atoms with Gasteiger partial charge in [-0.15, -0.1) is 0 Å². The van der Waals surface area contributed by atoms with Crippen LogP contribution in [0.5, 0.6) is 0 Å². The zero-order chi connectivity index (χ0) is 17.5. The van der Waals surface area contributed by atoms with E-state index in [2.05, 4.69) is 15.0 Å². The summed E-state index contributed by atoms with van der Waals surface area (Å²) in [5.74, 6) is -0.694. The number of nitrogens with one attached hydrogen (secondary N) is 1. The minimum atomic E-state index is -0.318. The smallest absolute Gasteiger partial charge is 0.319 e. The second kappa shape index (κ2) is 8.75. The van der Waals surface area contributed by atoms with Gasteiger partial charge in [-0.3, -0.25) is 19.4 Å². The Labute approximate surface area is 141 Å². The summed E-state index contributed by atoms with van der Waals surface area (Å²) < 4.78 is 18.2. The molecule has 0 bridgehead atoms. The maximum atomic E-state index is 13.6. The van der Waals surface area contributed by atoms with Gasteiger partial charge in [-0.2, -0.15) is 0 Å². The summed E-state index contributed by atoms with van der Waals surface area (Å²) in [5, 5.41) is 2.78. The molecule has 1 amide bonds. The van der Waals surface area contributed by atoms with Crippen molar-refractivity contribution in [3.8, 4) is 0 Å². The summed E-state index contributed by atoms with van der Waals surface area (Å²) in [5.41, 5.74) is 0.473. The second-order valence-corrected chi connectivity index (χ2v) is 5.87. The molecule has 1 fully saturated rings. The Morgan fingerprint density at radius 2 is 1.92 bits per heavy atom. The summed E-state index contributed by atoms with van der Waals surface area (Å²) in [4.78, 5) is 27.6. The molecule has 1 heterocycles. The Balaban J connectivity index is 1.78. The van der Waals surface area contributed by atoms with Gasteiger partial charge >= 0.3 is 5.97 Å². The zero-order valence-corrected chi connectivity index (χ0v) is 14.1. The van der Waals surface area contributed by atoms with Crippen molar-refractivity contribution >= 4 is 11.9 Å². The Morgan fingerprint density at radius 1 is 1.25 bits per heavy atom. The summed E-state index contributed by atoms with van der Waals surface area (Å²) in [6.07, 6.45) is 0. The number of methoxy groups -OCH3 is 1. The molecule has 1 aliphatic rings. The summed E-state index contributed by atoms with van der Waals surface area (Å²) >= 11 is 0. The van der Waals surface area contributed by atoms with Gasteiger partial charge in [0.05, 0.1) is 19.7 Å². The molecule has 1 atom stereocenters. The average Bonchev–Trinajstić information content (AvgIpc) is 2.60. The van der Waals surface area contributed by atoms with E-state index in [1.54, 1.807) is 18.2 Å². The Kier molecular flexibility index (Phi) is 6.69. The third-order valence-electron chi connectivity index (χ3n) is 4.33. The summed E-state index contributed by atoms with van der Waals surface area (Å²) in [6, 6.07) is 6.11. The lowest BCUT2D eigenvalue weighted by Gasteiger charge is -2.36. The highest BCUT2D eigenvalue weighted by molar-refractivity contribution is 5.81. The molecule has 0 radical (unpaired) electrons. The van der Waals surface area contributed by atoms with E-state index in [0.717, 1.165) is 0 Å². The van der Waals surface area contributed by atoms with Crippen molar-refractivity contribution in [2.45, 2.75) is 19.5 Å².